The number of benzene rings is 2. The molecule has 0 aliphatic heterocycles. The molecule has 0 saturated heterocycles. The Bertz CT molecular complexity index is 1140. The third-order valence-corrected chi connectivity index (χ3v) is 4.48. The van der Waals surface area contributed by atoms with E-state index in [-0.39, 0.29) is 22.5 Å². The largest absolute Gasteiger partial charge is 0.416 e. The molecule has 1 aromatic heterocycles. The van der Waals surface area contributed by atoms with Crippen molar-refractivity contribution >= 4 is 11.6 Å². The van der Waals surface area contributed by atoms with Crippen molar-refractivity contribution in [1.82, 2.24) is 15.1 Å². The zero-order valence-electron chi connectivity index (χ0n) is 16.2. The van der Waals surface area contributed by atoms with Crippen LogP contribution in [0.3, 0.4) is 0 Å². The molecule has 0 aliphatic rings. The van der Waals surface area contributed by atoms with Crippen LogP contribution in [-0.2, 0) is 6.18 Å². The molecule has 1 amide bonds. The maximum atomic E-state index is 13.0. The molecule has 0 spiro atoms. The third kappa shape index (κ3) is 4.51. The molecular formula is C21H19F3N4O2. The number of aromatic nitrogens is 2. The molecule has 0 unspecified atom stereocenters. The fourth-order valence-corrected chi connectivity index (χ4v) is 2.92. The first-order chi connectivity index (χ1) is 14.1. The number of carbonyl (C=O) groups is 1. The van der Waals surface area contributed by atoms with Crippen LogP contribution in [0.25, 0.3) is 5.69 Å². The molecule has 0 aliphatic carbocycles. The van der Waals surface area contributed by atoms with Gasteiger partial charge in [0.25, 0.3) is 11.5 Å². The van der Waals surface area contributed by atoms with Gasteiger partial charge in [-0.1, -0.05) is 18.2 Å². The number of amides is 1. The highest BCUT2D eigenvalue weighted by molar-refractivity contribution is 5.92. The number of aryl methyl sites for hydroxylation is 1. The summed E-state index contributed by atoms with van der Waals surface area (Å²) in [6.07, 6.45) is -4.56. The summed E-state index contributed by atoms with van der Waals surface area (Å²) in [4.78, 5) is 25.1. The maximum Gasteiger partial charge on any atom is 0.416 e. The fraction of sp³-hybridized carbons (Fsp3) is 0.190. The number of hydrogen-bond donors (Lipinski definition) is 2. The van der Waals surface area contributed by atoms with Gasteiger partial charge in [-0.2, -0.15) is 23.0 Å². The van der Waals surface area contributed by atoms with Gasteiger partial charge in [-0.15, -0.1) is 0 Å². The molecule has 30 heavy (non-hydrogen) atoms. The van der Waals surface area contributed by atoms with Gasteiger partial charge in [-0.05, 0) is 55.8 Å². The van der Waals surface area contributed by atoms with E-state index in [4.69, 9.17) is 5.73 Å². The zero-order chi connectivity index (χ0) is 22.1. The summed E-state index contributed by atoms with van der Waals surface area (Å²) in [5.74, 6) is -0.633. The average molecular weight is 416 g/mol. The van der Waals surface area contributed by atoms with E-state index in [1.165, 1.54) is 19.1 Å². The van der Waals surface area contributed by atoms with Crippen LogP contribution < -0.4 is 16.6 Å². The second kappa shape index (κ2) is 8.02. The third-order valence-electron chi connectivity index (χ3n) is 4.48. The summed E-state index contributed by atoms with van der Waals surface area (Å²) < 4.78 is 40.2. The summed E-state index contributed by atoms with van der Waals surface area (Å²) in [5.41, 5.74) is 5.20. The lowest BCUT2D eigenvalue weighted by molar-refractivity contribution is -0.137. The molecule has 3 N–H and O–H groups in total. The van der Waals surface area contributed by atoms with Gasteiger partial charge in [-0.3, -0.25) is 9.59 Å². The van der Waals surface area contributed by atoms with Gasteiger partial charge in [0.2, 0.25) is 0 Å². The predicted molar refractivity (Wildman–Crippen MR) is 106 cm³/mol. The van der Waals surface area contributed by atoms with Gasteiger partial charge in [0, 0.05) is 11.3 Å². The Balaban J connectivity index is 1.91. The molecule has 0 radical (unpaired) electrons. The van der Waals surface area contributed by atoms with Crippen LogP contribution in [0.15, 0.2) is 59.4 Å². The van der Waals surface area contributed by atoms with Gasteiger partial charge in [0.05, 0.1) is 17.3 Å². The SMILES string of the molecule is Cc1cc(C(=O)N[C@H](C)c2cc(N)cc(C(F)(F)F)c2)nn(-c2ccccc2)c1=O. The number of carbonyl (C=O) groups excluding carboxylic acids is 1. The first-order valence-electron chi connectivity index (χ1n) is 9.01. The molecule has 3 rings (SSSR count). The van der Waals surface area contributed by atoms with Crippen molar-refractivity contribution in [3.63, 3.8) is 0 Å². The number of para-hydroxylation sites is 1. The summed E-state index contributed by atoms with van der Waals surface area (Å²) in [6.45, 7) is 3.09. The molecular weight excluding hydrogens is 397 g/mol. The van der Waals surface area contributed by atoms with Crippen LogP contribution in [0.5, 0.6) is 0 Å². The first-order valence-corrected chi connectivity index (χ1v) is 9.01. The van der Waals surface area contributed by atoms with Crippen LogP contribution in [0, 0.1) is 6.92 Å². The second-order valence-corrected chi connectivity index (χ2v) is 6.85. The fourth-order valence-electron chi connectivity index (χ4n) is 2.92. The first kappa shape index (κ1) is 21.1. The monoisotopic (exact) mass is 416 g/mol. The zero-order valence-corrected chi connectivity index (χ0v) is 16.2. The van der Waals surface area contributed by atoms with Crippen molar-refractivity contribution in [3.05, 3.63) is 87.3 Å². The van der Waals surface area contributed by atoms with E-state index in [1.807, 2.05) is 0 Å². The molecule has 1 atom stereocenters. The summed E-state index contributed by atoms with van der Waals surface area (Å²) in [7, 11) is 0. The number of alkyl halides is 3. The lowest BCUT2D eigenvalue weighted by Gasteiger charge is -2.17. The molecule has 0 bridgehead atoms. The summed E-state index contributed by atoms with van der Waals surface area (Å²) in [5, 5.41) is 6.72. The number of halogens is 3. The van der Waals surface area contributed by atoms with E-state index in [2.05, 4.69) is 10.4 Å². The highest BCUT2D eigenvalue weighted by Gasteiger charge is 2.31. The number of rotatable bonds is 4. The lowest BCUT2D eigenvalue weighted by Crippen LogP contribution is -2.32. The van der Waals surface area contributed by atoms with E-state index in [1.54, 1.807) is 37.3 Å². The van der Waals surface area contributed by atoms with Crippen molar-refractivity contribution in [2.45, 2.75) is 26.1 Å². The minimum Gasteiger partial charge on any atom is -0.399 e. The number of nitrogens with zero attached hydrogens (tertiary/aromatic N) is 2. The Hall–Kier alpha value is -3.62. The quantitative estimate of drug-likeness (QED) is 0.636. The molecule has 0 fully saturated rings. The molecule has 156 valence electrons. The normalized spacial score (nSPS) is 12.4. The van der Waals surface area contributed by atoms with E-state index < -0.39 is 23.7 Å². The summed E-state index contributed by atoms with van der Waals surface area (Å²) in [6, 6.07) is 12.3. The topological polar surface area (TPSA) is 90.0 Å². The highest BCUT2D eigenvalue weighted by atomic mass is 19.4. The van der Waals surface area contributed by atoms with Gasteiger partial charge < -0.3 is 11.1 Å². The van der Waals surface area contributed by atoms with Crippen molar-refractivity contribution in [2.24, 2.45) is 0 Å². The Kier molecular flexibility index (Phi) is 5.64. The van der Waals surface area contributed by atoms with Crippen molar-refractivity contribution in [2.75, 3.05) is 5.73 Å². The highest BCUT2D eigenvalue weighted by Crippen LogP contribution is 2.32. The van der Waals surface area contributed by atoms with Crippen LogP contribution in [0.2, 0.25) is 0 Å². The van der Waals surface area contributed by atoms with Crippen LogP contribution in [-0.4, -0.2) is 15.7 Å². The molecule has 3 aromatic rings. The van der Waals surface area contributed by atoms with Crippen LogP contribution in [0.4, 0.5) is 18.9 Å². The molecule has 1 heterocycles. The van der Waals surface area contributed by atoms with Gasteiger partial charge in [0.15, 0.2) is 0 Å². The molecule has 9 heteroatoms. The predicted octanol–water partition coefficient (Wildman–Crippen LogP) is 3.63. The number of nitrogens with two attached hydrogens (primary N) is 1. The van der Waals surface area contributed by atoms with E-state index in [0.717, 1.165) is 16.8 Å². The Morgan fingerprint density at radius 2 is 1.80 bits per heavy atom. The minimum absolute atomic E-state index is 0.0391. The van der Waals surface area contributed by atoms with Crippen molar-refractivity contribution in [1.29, 1.82) is 0 Å². The second-order valence-electron chi connectivity index (χ2n) is 6.85. The molecule has 0 saturated carbocycles. The van der Waals surface area contributed by atoms with E-state index in [0.29, 0.717) is 11.3 Å². The Morgan fingerprint density at radius 1 is 1.13 bits per heavy atom. The van der Waals surface area contributed by atoms with E-state index in [9.17, 15) is 22.8 Å². The Morgan fingerprint density at radius 3 is 2.43 bits per heavy atom. The molecule has 2 aromatic carbocycles. The standard InChI is InChI=1S/C21H19F3N4O2/c1-12-8-18(27-28(20(12)30)17-6-4-3-5-7-17)19(29)26-13(2)14-9-15(21(22,23)24)11-16(25)10-14/h3-11,13H,25H2,1-2H3,(H,26,29)/t13-/m1/s1. The van der Waals surface area contributed by atoms with Crippen LogP contribution in [0.1, 0.15) is 40.1 Å². The molecule has 6 nitrogen and oxygen atoms in total. The van der Waals surface area contributed by atoms with E-state index >= 15 is 0 Å². The maximum absolute atomic E-state index is 13.0. The smallest absolute Gasteiger partial charge is 0.399 e. The lowest BCUT2D eigenvalue weighted by atomic mass is 10.0. The number of anilines is 1. The summed E-state index contributed by atoms with van der Waals surface area (Å²) >= 11 is 0. The van der Waals surface area contributed by atoms with Gasteiger partial charge >= 0.3 is 6.18 Å². The van der Waals surface area contributed by atoms with Crippen LogP contribution >= 0.6 is 0 Å². The minimum atomic E-state index is -4.56. The van der Waals surface area contributed by atoms with Crippen molar-refractivity contribution < 1.29 is 18.0 Å². The van der Waals surface area contributed by atoms with Crippen molar-refractivity contribution in [3.8, 4) is 5.69 Å². The van der Waals surface area contributed by atoms with Gasteiger partial charge in [-0.25, -0.2) is 0 Å². The van der Waals surface area contributed by atoms with Gasteiger partial charge in [0.1, 0.15) is 5.69 Å². The number of nitrogens with one attached hydrogen (secondary N) is 1. The number of nitrogen functional groups attached to an aromatic ring is 1. The Labute approximate surface area is 170 Å². The number of hydrogen-bond acceptors (Lipinski definition) is 4. The average Bonchev–Trinajstić information content (AvgIpc) is 2.69.